The van der Waals surface area contributed by atoms with Gasteiger partial charge in [0.15, 0.2) is 0 Å². The Morgan fingerprint density at radius 1 is 1.45 bits per heavy atom. The van der Waals surface area contributed by atoms with Crippen LogP contribution in [0.2, 0.25) is 5.02 Å². The third-order valence-corrected chi connectivity index (χ3v) is 4.08. The zero-order valence-electron chi connectivity index (χ0n) is 11.7. The van der Waals surface area contributed by atoms with Crippen LogP contribution >= 0.6 is 11.6 Å². The van der Waals surface area contributed by atoms with Crippen LogP contribution in [-0.4, -0.2) is 29.8 Å². The number of hydrogen-bond acceptors (Lipinski definition) is 2. The lowest BCUT2D eigenvalue weighted by Gasteiger charge is -2.19. The van der Waals surface area contributed by atoms with Crippen LogP contribution < -0.4 is 5.32 Å². The first-order valence-electron chi connectivity index (χ1n) is 6.59. The predicted octanol–water partition coefficient (Wildman–Crippen LogP) is 2.60. The summed E-state index contributed by atoms with van der Waals surface area (Å²) in [6.45, 7) is -0.125. The lowest BCUT2D eigenvalue weighted by Crippen LogP contribution is -2.42. The minimum absolute atomic E-state index is 0.125. The Morgan fingerprint density at radius 3 is 2.68 bits per heavy atom. The molecule has 1 atom stereocenters. The second-order valence-corrected chi connectivity index (χ2v) is 5.43. The van der Waals surface area contributed by atoms with Gasteiger partial charge in [-0.15, -0.1) is 0 Å². The van der Waals surface area contributed by atoms with E-state index in [0.29, 0.717) is 12.8 Å². The highest BCUT2D eigenvalue weighted by Gasteiger charge is 2.35. The second kappa shape index (κ2) is 6.16. The van der Waals surface area contributed by atoms with Crippen molar-refractivity contribution in [3.05, 3.63) is 34.3 Å². The van der Waals surface area contributed by atoms with Crippen molar-refractivity contribution in [3.63, 3.8) is 0 Å². The van der Waals surface area contributed by atoms with Gasteiger partial charge in [-0.05, 0) is 18.1 Å². The molecule has 2 amide bonds. The highest BCUT2D eigenvalue weighted by molar-refractivity contribution is 6.32. The lowest BCUT2D eigenvalue weighted by molar-refractivity contribution is -0.137. The second-order valence-electron chi connectivity index (χ2n) is 5.05. The molecule has 8 heteroatoms. The van der Waals surface area contributed by atoms with Crippen molar-refractivity contribution in [3.8, 4) is 0 Å². The van der Waals surface area contributed by atoms with Gasteiger partial charge in [0, 0.05) is 20.0 Å². The van der Waals surface area contributed by atoms with Gasteiger partial charge in [0.05, 0.1) is 10.6 Å². The van der Waals surface area contributed by atoms with E-state index < -0.39 is 28.7 Å². The Hall–Kier alpha value is -1.76. The van der Waals surface area contributed by atoms with E-state index in [9.17, 15) is 22.8 Å². The number of halogens is 4. The quantitative estimate of drug-likeness (QED) is 0.924. The van der Waals surface area contributed by atoms with Gasteiger partial charge >= 0.3 is 6.18 Å². The first kappa shape index (κ1) is 16.6. The molecule has 0 aromatic heterocycles. The maximum Gasteiger partial charge on any atom is 0.417 e. The summed E-state index contributed by atoms with van der Waals surface area (Å²) in [5.41, 5.74) is -0.758. The first-order valence-corrected chi connectivity index (χ1v) is 6.97. The number of alkyl halides is 3. The summed E-state index contributed by atoms with van der Waals surface area (Å²) in [6.07, 6.45) is -3.86. The fourth-order valence-corrected chi connectivity index (χ4v) is 2.65. The summed E-state index contributed by atoms with van der Waals surface area (Å²) in [6, 6.07) is 2.96. The Morgan fingerprint density at radius 2 is 2.14 bits per heavy atom. The van der Waals surface area contributed by atoms with Crippen LogP contribution in [0.5, 0.6) is 0 Å². The molecular formula is C14H14ClF3N2O2. The Kier molecular flexibility index (Phi) is 4.65. The first-order chi connectivity index (χ1) is 10.2. The summed E-state index contributed by atoms with van der Waals surface area (Å²) in [7, 11) is 1.52. The highest BCUT2D eigenvalue weighted by atomic mass is 35.5. The van der Waals surface area contributed by atoms with Crippen LogP contribution in [-0.2, 0) is 22.3 Å². The molecule has 120 valence electrons. The van der Waals surface area contributed by atoms with Crippen molar-refractivity contribution in [2.45, 2.75) is 31.6 Å². The molecule has 1 aromatic carbocycles. The normalized spacial score (nSPS) is 18.7. The van der Waals surface area contributed by atoms with Crippen LogP contribution in [0.4, 0.5) is 13.2 Å². The van der Waals surface area contributed by atoms with Crippen LogP contribution in [0, 0.1) is 0 Å². The Labute approximate surface area is 130 Å². The average molecular weight is 334 g/mol. The molecule has 4 nitrogen and oxygen atoms in total. The monoisotopic (exact) mass is 333 g/mol. The van der Waals surface area contributed by atoms with Gasteiger partial charge in [0.2, 0.25) is 11.8 Å². The molecule has 0 unspecified atom stereocenters. The maximum absolute atomic E-state index is 12.8. The topological polar surface area (TPSA) is 49.4 Å². The van der Waals surface area contributed by atoms with E-state index >= 15 is 0 Å². The third kappa shape index (κ3) is 3.35. The number of benzene rings is 1. The van der Waals surface area contributed by atoms with E-state index in [-0.39, 0.29) is 18.0 Å². The standard InChI is InChI=1S/C14H14ClF3N2O2/c1-20-10(5-6-11(20)21)13(22)19-7-8-3-2-4-9(12(8)15)14(16,17)18/h2-4,10H,5-7H2,1H3,(H,19,22)/t10-/m0/s1/i1-1. The Balaban J connectivity index is 2.06. The van der Waals surface area contributed by atoms with Crippen molar-refractivity contribution in [1.29, 1.82) is 0 Å². The van der Waals surface area contributed by atoms with Gasteiger partial charge in [0.1, 0.15) is 6.04 Å². The van der Waals surface area contributed by atoms with E-state index in [1.807, 2.05) is 0 Å². The minimum Gasteiger partial charge on any atom is -0.350 e. The number of likely N-dealkylation sites (N-methyl/N-ethyl adjacent to an activating group) is 1. The van der Waals surface area contributed by atoms with Gasteiger partial charge in [-0.25, -0.2) is 0 Å². The fraction of sp³-hybridized carbons (Fsp3) is 0.429. The molecule has 1 heterocycles. The molecule has 0 aliphatic carbocycles. The van der Waals surface area contributed by atoms with Gasteiger partial charge in [-0.1, -0.05) is 23.7 Å². The molecule has 1 fully saturated rings. The van der Waals surface area contributed by atoms with Gasteiger partial charge < -0.3 is 10.2 Å². The van der Waals surface area contributed by atoms with Crippen molar-refractivity contribution in [2.24, 2.45) is 0 Å². The number of carbonyl (C=O) groups excluding carboxylic acids is 2. The van der Waals surface area contributed by atoms with Gasteiger partial charge in [0.25, 0.3) is 0 Å². The van der Waals surface area contributed by atoms with Crippen LogP contribution in [0.3, 0.4) is 0 Å². The van der Waals surface area contributed by atoms with Crippen molar-refractivity contribution in [1.82, 2.24) is 10.2 Å². The van der Waals surface area contributed by atoms with E-state index in [0.717, 1.165) is 6.07 Å². The molecule has 1 N–H and O–H groups in total. The number of rotatable bonds is 3. The predicted molar refractivity (Wildman–Crippen MR) is 74.1 cm³/mol. The SMILES string of the molecule is [11CH3]N1C(=O)CC[C@H]1C(=O)NCc1cccc(C(F)(F)F)c1Cl. The smallest absolute Gasteiger partial charge is 0.350 e. The molecule has 22 heavy (non-hydrogen) atoms. The van der Waals surface area contributed by atoms with Crippen molar-refractivity contribution < 1.29 is 22.8 Å². The molecule has 1 aliphatic heterocycles. The molecular weight excluding hydrogens is 320 g/mol. The largest absolute Gasteiger partial charge is 0.417 e. The van der Waals surface area contributed by atoms with E-state index in [4.69, 9.17) is 11.6 Å². The summed E-state index contributed by atoms with van der Waals surface area (Å²) in [5, 5.41) is 2.10. The zero-order chi connectivity index (χ0) is 16.5. The highest BCUT2D eigenvalue weighted by Crippen LogP contribution is 2.36. The molecule has 1 aliphatic rings. The number of nitrogens with one attached hydrogen (secondary N) is 1. The van der Waals surface area contributed by atoms with Crippen molar-refractivity contribution in [2.75, 3.05) is 7.05 Å². The van der Waals surface area contributed by atoms with Crippen molar-refractivity contribution >= 4 is 23.4 Å². The van der Waals surface area contributed by atoms with Crippen LogP contribution in [0.1, 0.15) is 24.0 Å². The van der Waals surface area contributed by atoms with E-state index in [1.54, 1.807) is 0 Å². The average Bonchev–Trinajstić information content (AvgIpc) is 2.76. The summed E-state index contributed by atoms with van der Waals surface area (Å²) in [5.74, 6) is -0.529. The molecule has 1 saturated heterocycles. The molecule has 0 radical (unpaired) electrons. The molecule has 1 aromatic rings. The van der Waals surface area contributed by atoms with Gasteiger partial charge in [-0.3, -0.25) is 9.59 Å². The summed E-state index contributed by atoms with van der Waals surface area (Å²) >= 11 is 5.75. The molecule has 0 spiro atoms. The van der Waals surface area contributed by atoms with Gasteiger partial charge in [-0.2, -0.15) is 13.2 Å². The van der Waals surface area contributed by atoms with E-state index in [2.05, 4.69) is 5.32 Å². The number of amides is 2. The molecule has 0 saturated carbocycles. The summed E-state index contributed by atoms with van der Waals surface area (Å²) < 4.78 is 38.3. The number of likely N-dealkylation sites (tertiary alicyclic amines) is 1. The third-order valence-electron chi connectivity index (χ3n) is 3.63. The number of hydrogen-bond donors (Lipinski definition) is 1. The van der Waals surface area contributed by atoms with Crippen LogP contribution in [0.15, 0.2) is 18.2 Å². The zero-order valence-corrected chi connectivity index (χ0v) is 12.5. The van der Waals surface area contributed by atoms with E-state index in [1.165, 1.54) is 24.1 Å². The van der Waals surface area contributed by atoms with Crippen LogP contribution in [0.25, 0.3) is 0 Å². The molecule has 2 rings (SSSR count). The maximum atomic E-state index is 12.8. The number of carbonyl (C=O) groups is 2. The molecule has 0 bridgehead atoms. The number of nitrogens with zero attached hydrogens (tertiary/aromatic N) is 1. The lowest BCUT2D eigenvalue weighted by atomic mass is 10.1. The minimum atomic E-state index is -4.55. The fourth-order valence-electron chi connectivity index (χ4n) is 2.35. The summed E-state index contributed by atoms with van der Waals surface area (Å²) in [4.78, 5) is 24.7. The Bertz CT molecular complexity index is 604.